The standard InChI is InChI=1S/C18H18FN5O2/c1-10(17-23-14-5-3-4-6-15(14)24-17)20-18(26)22-12-7-8-13(19)16(9-12)21-11(2)25/h3-10H,1-2H3,(H,21,25)(H,23,24)(H2,20,22,26). The van der Waals surface area contributed by atoms with Gasteiger partial charge in [0.25, 0.3) is 0 Å². The molecule has 0 aliphatic rings. The van der Waals surface area contributed by atoms with Gasteiger partial charge in [-0.2, -0.15) is 0 Å². The zero-order valence-electron chi connectivity index (χ0n) is 14.3. The topological polar surface area (TPSA) is 98.9 Å². The number of urea groups is 1. The number of H-pyrrole nitrogens is 1. The Balaban J connectivity index is 1.67. The van der Waals surface area contributed by atoms with Gasteiger partial charge in [-0.15, -0.1) is 0 Å². The van der Waals surface area contributed by atoms with Crippen LogP contribution >= 0.6 is 0 Å². The number of hydrogen-bond acceptors (Lipinski definition) is 3. The maximum atomic E-state index is 13.6. The van der Waals surface area contributed by atoms with E-state index < -0.39 is 17.8 Å². The number of para-hydroxylation sites is 2. The lowest BCUT2D eigenvalue weighted by Crippen LogP contribution is -2.31. The Bertz CT molecular complexity index is 936. The van der Waals surface area contributed by atoms with E-state index in [9.17, 15) is 14.0 Å². The summed E-state index contributed by atoms with van der Waals surface area (Å²) in [5.74, 6) is -0.356. The molecule has 26 heavy (non-hydrogen) atoms. The number of carbonyl (C=O) groups is 2. The number of aromatic nitrogens is 2. The highest BCUT2D eigenvalue weighted by Gasteiger charge is 2.14. The molecule has 7 nitrogen and oxygen atoms in total. The van der Waals surface area contributed by atoms with Gasteiger partial charge in [0.15, 0.2) is 0 Å². The summed E-state index contributed by atoms with van der Waals surface area (Å²) in [6, 6.07) is 10.7. The van der Waals surface area contributed by atoms with Crippen LogP contribution in [-0.4, -0.2) is 21.9 Å². The Morgan fingerprint density at radius 1 is 1.15 bits per heavy atom. The maximum Gasteiger partial charge on any atom is 0.319 e. The van der Waals surface area contributed by atoms with E-state index in [0.29, 0.717) is 11.5 Å². The van der Waals surface area contributed by atoms with Gasteiger partial charge in [-0.1, -0.05) is 12.1 Å². The summed E-state index contributed by atoms with van der Waals surface area (Å²) < 4.78 is 13.6. The molecule has 3 aromatic rings. The fraction of sp³-hybridized carbons (Fsp3) is 0.167. The summed E-state index contributed by atoms with van der Waals surface area (Å²) in [6.45, 7) is 3.08. The highest BCUT2D eigenvalue weighted by Crippen LogP contribution is 2.20. The van der Waals surface area contributed by atoms with Crippen LogP contribution in [-0.2, 0) is 4.79 Å². The molecule has 1 aromatic heterocycles. The minimum Gasteiger partial charge on any atom is -0.340 e. The Hall–Kier alpha value is -3.42. The van der Waals surface area contributed by atoms with Crippen molar-refractivity contribution < 1.29 is 14.0 Å². The first-order chi connectivity index (χ1) is 12.4. The van der Waals surface area contributed by atoms with E-state index in [4.69, 9.17) is 0 Å². The van der Waals surface area contributed by atoms with Crippen LogP contribution < -0.4 is 16.0 Å². The molecule has 3 rings (SSSR count). The Morgan fingerprint density at radius 2 is 1.92 bits per heavy atom. The van der Waals surface area contributed by atoms with Crippen molar-refractivity contribution >= 4 is 34.3 Å². The van der Waals surface area contributed by atoms with Crippen LogP contribution in [0.25, 0.3) is 11.0 Å². The van der Waals surface area contributed by atoms with Crippen LogP contribution in [0.2, 0.25) is 0 Å². The molecule has 1 heterocycles. The third-order valence-electron chi connectivity index (χ3n) is 3.70. The molecule has 1 unspecified atom stereocenters. The normalized spacial score (nSPS) is 11.8. The molecule has 0 fully saturated rings. The van der Waals surface area contributed by atoms with Crippen molar-refractivity contribution in [3.8, 4) is 0 Å². The SMILES string of the molecule is CC(=O)Nc1cc(NC(=O)NC(C)c2nc3ccccc3[nH]2)ccc1F. The molecule has 0 saturated carbocycles. The van der Waals surface area contributed by atoms with Gasteiger partial charge in [-0.3, -0.25) is 4.79 Å². The molecule has 0 saturated heterocycles. The van der Waals surface area contributed by atoms with Crippen LogP contribution in [0.1, 0.15) is 25.7 Å². The Morgan fingerprint density at radius 3 is 2.65 bits per heavy atom. The molecule has 4 N–H and O–H groups in total. The highest BCUT2D eigenvalue weighted by atomic mass is 19.1. The smallest absolute Gasteiger partial charge is 0.319 e. The number of imidazole rings is 1. The van der Waals surface area contributed by atoms with Crippen LogP contribution in [0.5, 0.6) is 0 Å². The third kappa shape index (κ3) is 3.97. The van der Waals surface area contributed by atoms with Gasteiger partial charge in [0.05, 0.1) is 22.8 Å². The van der Waals surface area contributed by atoms with Gasteiger partial charge in [-0.05, 0) is 37.3 Å². The van der Waals surface area contributed by atoms with E-state index >= 15 is 0 Å². The predicted octanol–water partition coefficient (Wildman–Crippen LogP) is 3.54. The van der Waals surface area contributed by atoms with E-state index in [0.717, 1.165) is 11.0 Å². The zero-order valence-corrected chi connectivity index (χ0v) is 14.3. The average Bonchev–Trinajstić information content (AvgIpc) is 3.01. The van der Waals surface area contributed by atoms with Crippen molar-refractivity contribution in [3.05, 3.63) is 54.1 Å². The van der Waals surface area contributed by atoms with Crippen LogP contribution in [0.3, 0.4) is 0 Å². The van der Waals surface area contributed by atoms with Crippen molar-refractivity contribution in [1.29, 1.82) is 0 Å². The zero-order chi connectivity index (χ0) is 18.7. The number of anilines is 2. The maximum absolute atomic E-state index is 13.6. The number of aromatic amines is 1. The van der Waals surface area contributed by atoms with Gasteiger partial charge < -0.3 is 20.9 Å². The monoisotopic (exact) mass is 355 g/mol. The second kappa shape index (κ2) is 7.22. The van der Waals surface area contributed by atoms with Crippen molar-refractivity contribution in [2.75, 3.05) is 10.6 Å². The fourth-order valence-electron chi connectivity index (χ4n) is 2.50. The van der Waals surface area contributed by atoms with E-state index in [1.807, 2.05) is 24.3 Å². The Labute approximate surface area is 149 Å². The minimum absolute atomic E-state index is 0.000586. The van der Waals surface area contributed by atoms with Crippen molar-refractivity contribution in [1.82, 2.24) is 15.3 Å². The first-order valence-electron chi connectivity index (χ1n) is 8.01. The van der Waals surface area contributed by atoms with Crippen molar-refractivity contribution in [2.24, 2.45) is 0 Å². The lowest BCUT2D eigenvalue weighted by atomic mass is 10.2. The number of rotatable bonds is 4. The number of halogens is 1. The number of benzene rings is 2. The van der Waals surface area contributed by atoms with Crippen LogP contribution in [0.4, 0.5) is 20.6 Å². The molecular formula is C18H18FN5O2. The Kier molecular flexibility index (Phi) is 4.83. The molecule has 0 spiro atoms. The van der Waals surface area contributed by atoms with Gasteiger partial charge in [0.2, 0.25) is 5.91 Å². The summed E-state index contributed by atoms with van der Waals surface area (Å²) in [5.41, 5.74) is 2.05. The number of hydrogen-bond donors (Lipinski definition) is 4. The lowest BCUT2D eigenvalue weighted by molar-refractivity contribution is -0.114. The largest absolute Gasteiger partial charge is 0.340 e. The quantitative estimate of drug-likeness (QED) is 0.576. The second-order valence-electron chi connectivity index (χ2n) is 5.84. The number of nitrogens with zero attached hydrogens (tertiary/aromatic N) is 1. The van der Waals surface area contributed by atoms with Crippen molar-refractivity contribution in [2.45, 2.75) is 19.9 Å². The summed E-state index contributed by atoms with van der Waals surface area (Å²) in [5, 5.41) is 7.73. The highest BCUT2D eigenvalue weighted by molar-refractivity contribution is 5.92. The van der Waals surface area contributed by atoms with Crippen LogP contribution in [0.15, 0.2) is 42.5 Å². The van der Waals surface area contributed by atoms with E-state index in [-0.39, 0.29) is 11.7 Å². The minimum atomic E-state index is -0.582. The van der Waals surface area contributed by atoms with Gasteiger partial charge >= 0.3 is 6.03 Å². The third-order valence-corrected chi connectivity index (χ3v) is 3.70. The number of nitrogens with one attached hydrogen (secondary N) is 4. The summed E-state index contributed by atoms with van der Waals surface area (Å²) >= 11 is 0. The summed E-state index contributed by atoms with van der Waals surface area (Å²) in [7, 11) is 0. The second-order valence-corrected chi connectivity index (χ2v) is 5.84. The molecule has 8 heteroatoms. The number of amides is 3. The molecule has 1 atom stereocenters. The van der Waals surface area contributed by atoms with E-state index in [1.54, 1.807) is 6.92 Å². The number of carbonyl (C=O) groups excluding carboxylic acids is 2. The van der Waals surface area contributed by atoms with E-state index in [2.05, 4.69) is 25.9 Å². The first-order valence-corrected chi connectivity index (χ1v) is 8.01. The van der Waals surface area contributed by atoms with Crippen molar-refractivity contribution in [3.63, 3.8) is 0 Å². The average molecular weight is 355 g/mol. The molecule has 0 aliphatic heterocycles. The van der Waals surface area contributed by atoms with Gasteiger partial charge in [0.1, 0.15) is 11.6 Å². The predicted molar refractivity (Wildman–Crippen MR) is 97.4 cm³/mol. The van der Waals surface area contributed by atoms with Gasteiger partial charge in [-0.25, -0.2) is 14.2 Å². The summed E-state index contributed by atoms with van der Waals surface area (Å²) in [6.07, 6.45) is 0. The molecular weight excluding hydrogens is 337 g/mol. The molecule has 0 aliphatic carbocycles. The molecule has 134 valence electrons. The molecule has 0 radical (unpaired) electrons. The lowest BCUT2D eigenvalue weighted by Gasteiger charge is -2.13. The van der Waals surface area contributed by atoms with E-state index in [1.165, 1.54) is 25.1 Å². The first kappa shape index (κ1) is 17.4. The van der Waals surface area contributed by atoms with Gasteiger partial charge in [0, 0.05) is 12.6 Å². The molecule has 3 amide bonds. The number of fused-ring (bicyclic) bond motifs is 1. The molecule has 2 aromatic carbocycles. The summed E-state index contributed by atoms with van der Waals surface area (Å²) in [4.78, 5) is 30.9. The van der Waals surface area contributed by atoms with Crippen LogP contribution in [0, 0.1) is 5.82 Å². The molecule has 0 bridgehead atoms. The fourth-order valence-corrected chi connectivity index (χ4v) is 2.50.